The van der Waals surface area contributed by atoms with Gasteiger partial charge in [-0.05, 0) is 31.5 Å². The predicted octanol–water partition coefficient (Wildman–Crippen LogP) is 4.04. The van der Waals surface area contributed by atoms with Crippen LogP contribution in [0, 0.1) is 0 Å². The first-order chi connectivity index (χ1) is 11.2. The largest absolute Gasteiger partial charge is 0.324 e. The molecule has 0 heterocycles. The average molecular weight is 313 g/mol. The van der Waals surface area contributed by atoms with Crippen molar-refractivity contribution in [1.29, 1.82) is 0 Å². The summed E-state index contributed by atoms with van der Waals surface area (Å²) in [7, 11) is 0. The molecular formula is C19H27N3O. The van der Waals surface area contributed by atoms with Gasteiger partial charge in [0.25, 0.3) is 0 Å². The van der Waals surface area contributed by atoms with Crippen molar-refractivity contribution in [3.8, 4) is 0 Å². The topological polar surface area (TPSA) is 35.6 Å². The second-order valence-corrected chi connectivity index (χ2v) is 5.56. The van der Waals surface area contributed by atoms with Crippen LogP contribution in [0.25, 0.3) is 10.8 Å². The van der Waals surface area contributed by atoms with Crippen molar-refractivity contribution in [3.05, 3.63) is 42.5 Å². The zero-order valence-corrected chi connectivity index (χ0v) is 14.4. The summed E-state index contributed by atoms with van der Waals surface area (Å²) in [5.41, 5.74) is 0.870. The summed E-state index contributed by atoms with van der Waals surface area (Å²) in [4.78, 5) is 16.8. The van der Waals surface area contributed by atoms with Crippen LogP contribution in [-0.4, -0.2) is 48.6 Å². The van der Waals surface area contributed by atoms with Crippen molar-refractivity contribution in [2.24, 2.45) is 0 Å². The third-order valence-corrected chi connectivity index (χ3v) is 4.28. The van der Waals surface area contributed by atoms with Gasteiger partial charge in [0.05, 0.1) is 5.69 Å². The van der Waals surface area contributed by atoms with Gasteiger partial charge in [-0.15, -0.1) is 0 Å². The normalized spacial score (nSPS) is 11.0. The fourth-order valence-electron chi connectivity index (χ4n) is 2.73. The van der Waals surface area contributed by atoms with Crippen LogP contribution in [-0.2, 0) is 0 Å². The molecule has 0 fully saturated rings. The van der Waals surface area contributed by atoms with E-state index in [9.17, 15) is 4.79 Å². The van der Waals surface area contributed by atoms with Gasteiger partial charge in [-0.1, -0.05) is 50.2 Å². The molecule has 0 saturated carbocycles. The summed E-state index contributed by atoms with van der Waals surface area (Å²) in [5, 5.41) is 5.27. The van der Waals surface area contributed by atoms with E-state index in [1.165, 1.54) is 0 Å². The fourth-order valence-corrected chi connectivity index (χ4v) is 2.73. The predicted molar refractivity (Wildman–Crippen MR) is 98.0 cm³/mol. The molecule has 0 aliphatic rings. The fraction of sp³-hybridized carbons (Fsp3) is 0.421. The minimum Gasteiger partial charge on any atom is -0.324 e. The van der Waals surface area contributed by atoms with Crippen LogP contribution in [0.15, 0.2) is 42.5 Å². The number of hydrogen-bond donors (Lipinski definition) is 1. The minimum atomic E-state index is -0.0315. The molecule has 0 radical (unpaired) electrons. The lowest BCUT2D eigenvalue weighted by Crippen LogP contribution is -2.40. The molecule has 2 aromatic carbocycles. The van der Waals surface area contributed by atoms with E-state index in [2.05, 4.69) is 36.2 Å². The summed E-state index contributed by atoms with van der Waals surface area (Å²) < 4.78 is 0. The lowest BCUT2D eigenvalue weighted by Gasteiger charge is -2.25. The highest BCUT2D eigenvalue weighted by Gasteiger charge is 2.13. The molecule has 0 aliphatic heterocycles. The second-order valence-electron chi connectivity index (χ2n) is 5.56. The van der Waals surface area contributed by atoms with E-state index in [1.54, 1.807) is 0 Å². The zero-order chi connectivity index (χ0) is 16.7. The van der Waals surface area contributed by atoms with E-state index < -0.39 is 0 Å². The Labute approximate surface area is 139 Å². The Morgan fingerprint density at radius 1 is 0.913 bits per heavy atom. The highest BCUT2D eigenvalue weighted by atomic mass is 16.2. The Bertz CT molecular complexity index is 632. The number of likely N-dealkylation sites (N-methyl/N-ethyl adjacent to an activating group) is 2. The summed E-state index contributed by atoms with van der Waals surface area (Å²) in [6.07, 6.45) is 0. The van der Waals surface area contributed by atoms with Crippen molar-refractivity contribution in [2.45, 2.75) is 20.8 Å². The molecule has 2 amide bonds. The lowest BCUT2D eigenvalue weighted by molar-refractivity contribution is 0.200. The van der Waals surface area contributed by atoms with Gasteiger partial charge in [-0.3, -0.25) is 0 Å². The summed E-state index contributed by atoms with van der Waals surface area (Å²) in [6, 6.07) is 14.1. The lowest BCUT2D eigenvalue weighted by atomic mass is 10.1. The second kappa shape index (κ2) is 8.53. The molecule has 2 rings (SSSR count). The number of nitrogens with one attached hydrogen (secondary N) is 1. The van der Waals surface area contributed by atoms with Gasteiger partial charge in [-0.25, -0.2) is 4.79 Å². The number of rotatable bonds is 7. The van der Waals surface area contributed by atoms with Gasteiger partial charge in [0.1, 0.15) is 0 Å². The molecule has 23 heavy (non-hydrogen) atoms. The van der Waals surface area contributed by atoms with E-state index in [1.807, 2.05) is 42.2 Å². The van der Waals surface area contributed by atoms with E-state index >= 15 is 0 Å². The Balaban J connectivity index is 2.06. The van der Waals surface area contributed by atoms with Crippen LogP contribution in [0.5, 0.6) is 0 Å². The number of carbonyl (C=O) groups excluding carboxylic acids is 1. The Hall–Kier alpha value is -2.07. The molecule has 4 heteroatoms. The molecular weight excluding hydrogens is 286 g/mol. The smallest absolute Gasteiger partial charge is 0.321 e. The van der Waals surface area contributed by atoms with Crippen molar-refractivity contribution in [3.63, 3.8) is 0 Å². The number of benzene rings is 2. The molecule has 1 N–H and O–H groups in total. The monoisotopic (exact) mass is 313 g/mol. The molecule has 0 aliphatic carbocycles. The maximum atomic E-state index is 12.6. The van der Waals surface area contributed by atoms with E-state index in [-0.39, 0.29) is 6.03 Å². The molecule has 0 spiro atoms. The minimum absolute atomic E-state index is 0.0315. The Kier molecular flexibility index (Phi) is 6.41. The van der Waals surface area contributed by atoms with Crippen LogP contribution < -0.4 is 5.32 Å². The van der Waals surface area contributed by atoms with Crippen molar-refractivity contribution >= 4 is 22.5 Å². The summed E-state index contributed by atoms with van der Waals surface area (Å²) >= 11 is 0. The van der Waals surface area contributed by atoms with Crippen molar-refractivity contribution in [2.75, 3.05) is 38.0 Å². The highest BCUT2D eigenvalue weighted by molar-refractivity contribution is 6.01. The maximum Gasteiger partial charge on any atom is 0.321 e. The quantitative estimate of drug-likeness (QED) is 0.837. The molecule has 0 atom stereocenters. The standard InChI is InChI=1S/C19H27N3O/c1-4-21(5-2)14-15-22(6-3)19(23)20-18-13-9-11-16-10-7-8-12-17(16)18/h7-13H,4-6,14-15H2,1-3H3,(H,20,23). The van der Waals surface area contributed by atoms with E-state index in [0.717, 1.165) is 42.6 Å². The van der Waals surface area contributed by atoms with Gasteiger partial charge in [0.15, 0.2) is 0 Å². The Morgan fingerprint density at radius 3 is 2.30 bits per heavy atom. The molecule has 0 saturated heterocycles. The first kappa shape index (κ1) is 17.3. The summed E-state index contributed by atoms with van der Waals surface area (Å²) in [6.45, 7) is 10.7. The number of carbonyl (C=O) groups is 1. The Morgan fingerprint density at radius 2 is 1.61 bits per heavy atom. The molecule has 0 aromatic heterocycles. The number of hydrogen-bond acceptors (Lipinski definition) is 2. The zero-order valence-electron chi connectivity index (χ0n) is 14.4. The molecule has 0 unspecified atom stereocenters. The van der Waals surface area contributed by atoms with Crippen LogP contribution in [0.3, 0.4) is 0 Å². The highest BCUT2D eigenvalue weighted by Crippen LogP contribution is 2.23. The van der Waals surface area contributed by atoms with Gasteiger partial charge in [-0.2, -0.15) is 0 Å². The summed E-state index contributed by atoms with van der Waals surface area (Å²) in [5.74, 6) is 0. The van der Waals surface area contributed by atoms with Gasteiger partial charge in [0.2, 0.25) is 0 Å². The molecule has 2 aromatic rings. The molecule has 124 valence electrons. The van der Waals surface area contributed by atoms with Gasteiger partial charge >= 0.3 is 6.03 Å². The maximum absolute atomic E-state index is 12.6. The van der Waals surface area contributed by atoms with E-state index in [4.69, 9.17) is 0 Å². The number of amides is 2. The van der Waals surface area contributed by atoms with Crippen LogP contribution in [0.4, 0.5) is 10.5 Å². The van der Waals surface area contributed by atoms with E-state index in [0.29, 0.717) is 6.54 Å². The molecule has 0 bridgehead atoms. The first-order valence-electron chi connectivity index (χ1n) is 8.45. The van der Waals surface area contributed by atoms with Crippen LogP contribution >= 0.6 is 0 Å². The van der Waals surface area contributed by atoms with Crippen molar-refractivity contribution in [1.82, 2.24) is 9.80 Å². The third-order valence-electron chi connectivity index (χ3n) is 4.28. The van der Waals surface area contributed by atoms with Crippen LogP contribution in [0.2, 0.25) is 0 Å². The van der Waals surface area contributed by atoms with Gasteiger partial charge < -0.3 is 15.1 Å². The third kappa shape index (κ3) is 4.45. The van der Waals surface area contributed by atoms with Gasteiger partial charge in [0, 0.05) is 25.0 Å². The van der Waals surface area contributed by atoms with Crippen molar-refractivity contribution < 1.29 is 4.79 Å². The van der Waals surface area contributed by atoms with Crippen LogP contribution in [0.1, 0.15) is 20.8 Å². The number of urea groups is 1. The SMILES string of the molecule is CCN(CC)CCN(CC)C(=O)Nc1cccc2ccccc12. The molecule has 4 nitrogen and oxygen atoms in total. The number of nitrogens with zero attached hydrogens (tertiary/aromatic N) is 2. The number of anilines is 1. The first-order valence-corrected chi connectivity index (χ1v) is 8.45. The average Bonchev–Trinajstić information content (AvgIpc) is 2.59. The number of fused-ring (bicyclic) bond motifs is 1.